The molecule has 0 aliphatic rings. The van der Waals surface area contributed by atoms with E-state index in [4.69, 9.17) is 51.3 Å². The number of methoxy groups -OCH3 is 2. The van der Waals surface area contributed by atoms with Crippen LogP contribution < -0.4 is 0 Å². The van der Waals surface area contributed by atoms with Crippen molar-refractivity contribution in [2.24, 2.45) is 22.7 Å². The summed E-state index contributed by atoms with van der Waals surface area (Å²) in [6.45, 7) is 9.27. The maximum Gasteiger partial charge on any atom is 0.326 e. The minimum Gasteiger partial charge on any atom is -0.468 e. The summed E-state index contributed by atoms with van der Waals surface area (Å²) in [7, 11) is 2.37. The smallest absolute Gasteiger partial charge is 0.326 e. The fourth-order valence-corrected chi connectivity index (χ4v) is 7.37. The Kier molecular flexibility index (Phi) is 21.8. The Bertz CT molecular complexity index is 1300. The van der Waals surface area contributed by atoms with Crippen molar-refractivity contribution in [3.63, 3.8) is 0 Å². The summed E-state index contributed by atoms with van der Waals surface area (Å²) < 4.78 is 32.0. The van der Waals surface area contributed by atoms with Crippen molar-refractivity contribution in [2.45, 2.75) is 141 Å². The molecule has 1 aromatic heterocycles. The monoisotopic (exact) mass is 806 g/mol. The number of carbonyl (C=O) groups is 5. The summed E-state index contributed by atoms with van der Waals surface area (Å²) in [4.78, 5) is 63.9. The average Bonchev–Trinajstić information content (AvgIpc) is 3.65. The molecule has 310 valence electrons. The van der Waals surface area contributed by atoms with Gasteiger partial charge in [-0.25, -0.2) is 0 Å². The number of alkyl halides is 2. The molecule has 0 aliphatic carbocycles. The van der Waals surface area contributed by atoms with Crippen molar-refractivity contribution in [1.82, 2.24) is 0 Å². The van der Waals surface area contributed by atoms with E-state index in [1.54, 1.807) is 19.1 Å². The Labute approximate surface area is 331 Å². The Morgan fingerprint density at radius 2 is 1.37 bits per heavy atom. The molecule has 0 aliphatic heterocycles. The number of rotatable bonds is 28. The lowest BCUT2D eigenvalue weighted by atomic mass is 9.65. The fourth-order valence-electron chi connectivity index (χ4n) is 6.82. The zero-order chi connectivity index (χ0) is 41.0. The molecular weight excluding hydrogens is 743 g/mol. The highest BCUT2D eigenvalue weighted by atomic mass is 35.5. The first-order valence-electron chi connectivity index (χ1n) is 19.0. The van der Waals surface area contributed by atoms with E-state index in [1.807, 2.05) is 6.92 Å². The lowest BCUT2D eigenvalue weighted by Gasteiger charge is -2.40. The van der Waals surface area contributed by atoms with Crippen LogP contribution in [0.25, 0.3) is 0 Å². The van der Waals surface area contributed by atoms with E-state index < -0.39 is 62.9 Å². The number of aliphatic hydroxyl groups excluding tert-OH is 1. The predicted molar refractivity (Wildman–Crippen MR) is 205 cm³/mol. The largest absolute Gasteiger partial charge is 0.468 e. The van der Waals surface area contributed by atoms with Gasteiger partial charge in [0.05, 0.1) is 50.4 Å². The fraction of sp³-hybridized carbons (Fsp3) is 0.775. The van der Waals surface area contributed by atoms with Gasteiger partial charge in [-0.3, -0.25) is 24.0 Å². The molecule has 0 bridgehead atoms. The molecule has 0 spiro atoms. The van der Waals surface area contributed by atoms with Crippen LogP contribution in [0.2, 0.25) is 0 Å². The molecule has 0 radical (unpaired) electrons. The molecule has 1 aromatic rings. The summed E-state index contributed by atoms with van der Waals surface area (Å²) in [5.74, 6) is -4.36. The van der Waals surface area contributed by atoms with Crippen LogP contribution >= 0.6 is 23.2 Å². The van der Waals surface area contributed by atoms with E-state index in [2.05, 4.69) is 6.92 Å². The number of aliphatic hydroxyl groups is 1. The van der Waals surface area contributed by atoms with Crippen LogP contribution in [-0.2, 0) is 54.3 Å². The first-order chi connectivity index (χ1) is 25.3. The molecule has 0 saturated carbocycles. The molecule has 6 unspecified atom stereocenters. The Morgan fingerprint density at radius 1 is 0.778 bits per heavy atom. The highest BCUT2D eigenvalue weighted by molar-refractivity contribution is 6.34. The molecule has 0 aromatic carbocycles. The first-order valence-corrected chi connectivity index (χ1v) is 19.8. The molecule has 12 nitrogen and oxygen atoms in total. The molecule has 54 heavy (non-hydrogen) atoms. The van der Waals surface area contributed by atoms with Crippen LogP contribution in [0.3, 0.4) is 0 Å². The van der Waals surface area contributed by atoms with Crippen LogP contribution in [-0.4, -0.2) is 78.7 Å². The summed E-state index contributed by atoms with van der Waals surface area (Å²) in [5, 5.41) is 9.39. The molecular formula is C40H64Cl2O12. The lowest BCUT2D eigenvalue weighted by Crippen LogP contribution is -2.47. The van der Waals surface area contributed by atoms with E-state index in [9.17, 15) is 29.1 Å². The number of unbranched alkanes of at least 4 members (excludes halogenated alkanes) is 6. The molecule has 6 atom stereocenters. The van der Waals surface area contributed by atoms with Crippen molar-refractivity contribution in [2.75, 3.05) is 34.0 Å². The molecule has 1 heterocycles. The van der Waals surface area contributed by atoms with Gasteiger partial charge >= 0.3 is 29.8 Å². The number of hydrogen-bond acceptors (Lipinski definition) is 12. The van der Waals surface area contributed by atoms with Gasteiger partial charge in [-0.2, -0.15) is 0 Å². The van der Waals surface area contributed by atoms with Gasteiger partial charge in [-0.1, -0.05) is 58.8 Å². The summed E-state index contributed by atoms with van der Waals surface area (Å²) in [6, 6.07) is 3.26. The van der Waals surface area contributed by atoms with Crippen molar-refractivity contribution < 1.29 is 57.2 Å². The zero-order valence-corrected chi connectivity index (χ0v) is 35.1. The van der Waals surface area contributed by atoms with Crippen molar-refractivity contribution in [3.05, 3.63) is 24.2 Å². The minimum absolute atomic E-state index is 0.0219. The van der Waals surface area contributed by atoms with Crippen LogP contribution in [0, 0.1) is 22.7 Å². The van der Waals surface area contributed by atoms with Gasteiger partial charge in [0.25, 0.3) is 0 Å². The number of furan rings is 1. The molecule has 0 amide bonds. The number of hydrogen-bond donors (Lipinski definition) is 1. The van der Waals surface area contributed by atoms with Crippen LogP contribution in [0.1, 0.15) is 131 Å². The Balaban J connectivity index is 3.55. The maximum atomic E-state index is 14.4. The molecule has 0 fully saturated rings. The average molecular weight is 808 g/mol. The molecule has 1 N–H and O–H groups in total. The minimum atomic E-state index is -1.72. The topological polar surface area (TPSA) is 165 Å². The third kappa shape index (κ3) is 16.9. The second kappa shape index (κ2) is 23.9. The van der Waals surface area contributed by atoms with E-state index in [-0.39, 0.29) is 57.8 Å². The van der Waals surface area contributed by atoms with Crippen LogP contribution in [0.15, 0.2) is 22.8 Å². The normalized spacial score (nSPS) is 17.0. The van der Waals surface area contributed by atoms with E-state index >= 15 is 0 Å². The lowest BCUT2D eigenvalue weighted by molar-refractivity contribution is -0.169. The van der Waals surface area contributed by atoms with Gasteiger partial charge in [-0.05, 0) is 84.3 Å². The van der Waals surface area contributed by atoms with Crippen molar-refractivity contribution >= 4 is 53.0 Å². The summed E-state index contributed by atoms with van der Waals surface area (Å²) in [5.41, 5.74) is -3.21. The third-order valence-corrected chi connectivity index (χ3v) is 10.4. The molecule has 14 heteroatoms. The van der Waals surface area contributed by atoms with Crippen LogP contribution in [0.5, 0.6) is 0 Å². The van der Waals surface area contributed by atoms with Gasteiger partial charge in [0.15, 0.2) is 0 Å². The number of ether oxygens (including phenoxy) is 5. The number of halogens is 2. The summed E-state index contributed by atoms with van der Waals surface area (Å²) in [6.07, 6.45) is 9.46. The third-order valence-electron chi connectivity index (χ3n) is 9.76. The highest BCUT2D eigenvalue weighted by Gasteiger charge is 2.52. The Hall–Kier alpha value is -2.83. The molecule has 0 saturated heterocycles. The molecule has 1 rings (SSSR count). The number of carbonyl (C=O) groups excluding carboxylic acids is 5. The van der Waals surface area contributed by atoms with Gasteiger partial charge in [0.1, 0.15) is 28.7 Å². The highest BCUT2D eigenvalue weighted by Crippen LogP contribution is 2.47. The van der Waals surface area contributed by atoms with Crippen molar-refractivity contribution in [3.8, 4) is 0 Å². The standard InChI is InChI=1S/C40H64Cl2O12/c1-9-10-11-12-13-14-15-17-29(2)25-53-33(45)37(3,24-30(32(44)52-23-21-43)19-20-39(5,41)35(47)49-7)27-38(4,28-40(6,42)36(48)50-8)34(46)54-26-31-18-16-22-51-31/h16,18,22,29-30,43H,9-15,17,19-21,23-28H2,1-8H3. The van der Waals surface area contributed by atoms with Crippen molar-refractivity contribution in [1.29, 1.82) is 0 Å². The summed E-state index contributed by atoms with van der Waals surface area (Å²) >= 11 is 13.2. The van der Waals surface area contributed by atoms with Gasteiger partial charge in [-0.15, -0.1) is 23.2 Å². The zero-order valence-electron chi connectivity index (χ0n) is 33.6. The van der Waals surface area contributed by atoms with Gasteiger partial charge in [0, 0.05) is 0 Å². The quantitative estimate of drug-likeness (QED) is 0.0375. The second-order valence-corrected chi connectivity index (χ2v) is 17.1. The first kappa shape index (κ1) is 49.2. The maximum absolute atomic E-state index is 14.4. The van der Waals surface area contributed by atoms with E-state index in [1.165, 1.54) is 66.9 Å². The predicted octanol–water partition coefficient (Wildman–Crippen LogP) is 8.10. The second-order valence-electron chi connectivity index (χ2n) is 15.5. The van der Waals surface area contributed by atoms with Gasteiger partial charge < -0.3 is 33.2 Å². The SMILES string of the molecule is CCCCCCCCCC(C)COC(=O)C(C)(CC(CCC(C)(Cl)C(=O)OC)C(=O)OCCO)CC(C)(CC(C)(Cl)C(=O)OC)C(=O)OCc1ccco1. The number of esters is 5. The van der Waals surface area contributed by atoms with Crippen LogP contribution in [0.4, 0.5) is 0 Å². The van der Waals surface area contributed by atoms with E-state index in [0.29, 0.717) is 5.76 Å². The van der Waals surface area contributed by atoms with Gasteiger partial charge in [0.2, 0.25) is 0 Å². The Morgan fingerprint density at radius 3 is 1.94 bits per heavy atom. The van der Waals surface area contributed by atoms with E-state index in [0.717, 1.165) is 25.7 Å².